The monoisotopic (exact) mass is 256 g/mol. The zero-order valence-corrected chi connectivity index (χ0v) is 13.0. The topological polar surface area (TPSA) is 24.5 Å². The van der Waals surface area contributed by atoms with Crippen molar-refractivity contribution in [3.8, 4) is 0 Å². The van der Waals surface area contributed by atoms with Crippen LogP contribution >= 0.6 is 0 Å². The van der Waals surface area contributed by atoms with Gasteiger partial charge >= 0.3 is 0 Å². The highest BCUT2D eigenvalue weighted by Crippen LogP contribution is 2.20. The van der Waals surface area contributed by atoms with E-state index < -0.39 is 0 Å². The quantitative estimate of drug-likeness (QED) is 0.790. The van der Waals surface area contributed by atoms with Crippen LogP contribution in [-0.2, 0) is 4.74 Å². The van der Waals surface area contributed by atoms with E-state index in [0.29, 0.717) is 6.04 Å². The van der Waals surface area contributed by atoms with Gasteiger partial charge in [-0.05, 0) is 59.0 Å². The molecule has 18 heavy (non-hydrogen) atoms. The molecule has 1 aliphatic heterocycles. The van der Waals surface area contributed by atoms with Crippen molar-refractivity contribution >= 4 is 0 Å². The van der Waals surface area contributed by atoms with Crippen LogP contribution in [0.4, 0.5) is 0 Å². The van der Waals surface area contributed by atoms with Gasteiger partial charge in [-0.1, -0.05) is 6.92 Å². The Morgan fingerprint density at radius 1 is 1.28 bits per heavy atom. The van der Waals surface area contributed by atoms with E-state index in [1.165, 1.54) is 32.4 Å². The van der Waals surface area contributed by atoms with Crippen LogP contribution in [0.3, 0.4) is 0 Å². The average Bonchev–Trinajstić information content (AvgIpc) is 2.31. The molecule has 0 aromatic heterocycles. The molecule has 1 heterocycles. The van der Waals surface area contributed by atoms with E-state index >= 15 is 0 Å². The lowest BCUT2D eigenvalue weighted by Gasteiger charge is -2.38. The van der Waals surface area contributed by atoms with Crippen LogP contribution in [0.2, 0.25) is 0 Å². The van der Waals surface area contributed by atoms with E-state index in [0.717, 1.165) is 19.1 Å². The molecule has 1 aliphatic rings. The normalized spacial score (nSPS) is 21.2. The van der Waals surface area contributed by atoms with Crippen molar-refractivity contribution in [2.75, 3.05) is 33.4 Å². The maximum absolute atomic E-state index is 5.26. The zero-order chi connectivity index (χ0) is 13.6. The number of hydrogen-bond acceptors (Lipinski definition) is 3. The molecule has 1 unspecified atom stereocenters. The molecule has 1 atom stereocenters. The van der Waals surface area contributed by atoms with E-state index in [9.17, 15) is 0 Å². The van der Waals surface area contributed by atoms with Gasteiger partial charge in [0.15, 0.2) is 0 Å². The Kier molecular flexibility index (Phi) is 6.61. The van der Waals surface area contributed by atoms with Crippen LogP contribution in [0.5, 0.6) is 0 Å². The molecular weight excluding hydrogens is 224 g/mol. The standard InChI is InChI=1S/C15H32N2O/c1-6-14(11-16-15(2,3)4)17-9-7-13(8-10-17)12-18-5/h13-14,16H,6-12H2,1-5H3. The predicted molar refractivity (Wildman–Crippen MR) is 78.0 cm³/mol. The fourth-order valence-corrected chi connectivity index (χ4v) is 2.68. The summed E-state index contributed by atoms with van der Waals surface area (Å²) in [4.78, 5) is 2.66. The number of likely N-dealkylation sites (tertiary alicyclic amines) is 1. The van der Waals surface area contributed by atoms with Crippen molar-refractivity contribution in [2.45, 2.75) is 58.5 Å². The molecule has 0 aromatic rings. The molecule has 0 saturated carbocycles. The summed E-state index contributed by atoms with van der Waals surface area (Å²) >= 11 is 0. The third kappa shape index (κ3) is 5.68. The van der Waals surface area contributed by atoms with Crippen molar-refractivity contribution in [3.05, 3.63) is 0 Å². The van der Waals surface area contributed by atoms with Gasteiger partial charge in [0, 0.05) is 31.8 Å². The van der Waals surface area contributed by atoms with E-state index in [2.05, 4.69) is 37.9 Å². The minimum Gasteiger partial charge on any atom is -0.384 e. The number of nitrogens with one attached hydrogen (secondary N) is 1. The minimum absolute atomic E-state index is 0.224. The molecule has 0 bridgehead atoms. The van der Waals surface area contributed by atoms with Crippen molar-refractivity contribution in [1.82, 2.24) is 10.2 Å². The summed E-state index contributed by atoms with van der Waals surface area (Å²) in [6, 6.07) is 0.688. The molecule has 3 nitrogen and oxygen atoms in total. The van der Waals surface area contributed by atoms with E-state index in [-0.39, 0.29) is 5.54 Å². The zero-order valence-electron chi connectivity index (χ0n) is 13.0. The van der Waals surface area contributed by atoms with Crippen molar-refractivity contribution < 1.29 is 4.74 Å². The number of hydrogen-bond donors (Lipinski definition) is 1. The summed E-state index contributed by atoms with van der Waals surface area (Å²) < 4.78 is 5.26. The third-order valence-corrected chi connectivity index (χ3v) is 3.91. The molecule has 0 aromatic carbocycles. The van der Waals surface area contributed by atoms with Gasteiger partial charge in [-0.15, -0.1) is 0 Å². The van der Waals surface area contributed by atoms with Crippen LogP contribution in [0.1, 0.15) is 47.0 Å². The molecule has 1 rings (SSSR count). The number of ether oxygens (including phenoxy) is 1. The summed E-state index contributed by atoms with van der Waals surface area (Å²) in [5.41, 5.74) is 0.224. The highest BCUT2D eigenvalue weighted by molar-refractivity contribution is 4.81. The SMILES string of the molecule is CCC(CNC(C)(C)C)N1CCC(COC)CC1. The summed E-state index contributed by atoms with van der Waals surface area (Å²) in [6.45, 7) is 13.5. The van der Waals surface area contributed by atoms with Gasteiger partial charge in [-0.2, -0.15) is 0 Å². The molecule has 1 fully saturated rings. The number of methoxy groups -OCH3 is 1. The molecule has 1 saturated heterocycles. The van der Waals surface area contributed by atoms with E-state index in [1.807, 2.05) is 7.11 Å². The molecule has 3 heteroatoms. The molecule has 1 N–H and O–H groups in total. The molecular formula is C15H32N2O. The van der Waals surface area contributed by atoms with Crippen molar-refractivity contribution in [2.24, 2.45) is 5.92 Å². The second kappa shape index (κ2) is 7.46. The summed E-state index contributed by atoms with van der Waals surface area (Å²) in [5.74, 6) is 0.777. The number of rotatable bonds is 6. The Morgan fingerprint density at radius 2 is 1.89 bits per heavy atom. The Morgan fingerprint density at radius 3 is 2.33 bits per heavy atom. The van der Waals surface area contributed by atoms with E-state index in [1.54, 1.807) is 0 Å². The maximum atomic E-state index is 5.26. The molecule has 0 amide bonds. The van der Waals surface area contributed by atoms with Crippen molar-refractivity contribution in [1.29, 1.82) is 0 Å². The first-order valence-corrected chi connectivity index (χ1v) is 7.44. The fourth-order valence-electron chi connectivity index (χ4n) is 2.68. The van der Waals surface area contributed by atoms with Crippen LogP contribution < -0.4 is 5.32 Å². The van der Waals surface area contributed by atoms with Gasteiger partial charge in [0.25, 0.3) is 0 Å². The lowest BCUT2D eigenvalue weighted by molar-refractivity contribution is 0.0762. The predicted octanol–water partition coefficient (Wildman–Crippen LogP) is 2.51. The van der Waals surface area contributed by atoms with Crippen LogP contribution in [0, 0.1) is 5.92 Å². The van der Waals surface area contributed by atoms with Gasteiger partial charge in [0.05, 0.1) is 0 Å². The smallest absolute Gasteiger partial charge is 0.0491 e. The molecule has 108 valence electrons. The average molecular weight is 256 g/mol. The Labute approximate surface area is 113 Å². The largest absolute Gasteiger partial charge is 0.384 e. The van der Waals surface area contributed by atoms with Gasteiger partial charge < -0.3 is 10.1 Å². The first kappa shape index (κ1) is 15.9. The Balaban J connectivity index is 2.34. The second-order valence-corrected chi connectivity index (χ2v) is 6.63. The highest BCUT2D eigenvalue weighted by atomic mass is 16.5. The van der Waals surface area contributed by atoms with Gasteiger partial charge in [-0.3, -0.25) is 4.90 Å². The first-order chi connectivity index (χ1) is 8.46. The fraction of sp³-hybridized carbons (Fsp3) is 1.00. The Bertz CT molecular complexity index is 217. The number of piperidine rings is 1. The summed E-state index contributed by atoms with van der Waals surface area (Å²) in [7, 11) is 1.81. The van der Waals surface area contributed by atoms with Crippen LogP contribution in [-0.4, -0.2) is 49.8 Å². The highest BCUT2D eigenvalue weighted by Gasteiger charge is 2.24. The lowest BCUT2D eigenvalue weighted by atomic mass is 9.96. The van der Waals surface area contributed by atoms with Crippen LogP contribution in [0.15, 0.2) is 0 Å². The minimum atomic E-state index is 0.224. The Hall–Kier alpha value is -0.120. The van der Waals surface area contributed by atoms with Gasteiger partial charge in [0.2, 0.25) is 0 Å². The summed E-state index contributed by atoms with van der Waals surface area (Å²) in [6.07, 6.45) is 3.82. The van der Waals surface area contributed by atoms with Crippen molar-refractivity contribution in [3.63, 3.8) is 0 Å². The molecule has 0 spiro atoms. The van der Waals surface area contributed by atoms with E-state index in [4.69, 9.17) is 4.74 Å². The first-order valence-electron chi connectivity index (χ1n) is 7.44. The number of nitrogens with zero attached hydrogens (tertiary/aromatic N) is 1. The second-order valence-electron chi connectivity index (χ2n) is 6.63. The van der Waals surface area contributed by atoms with Gasteiger partial charge in [-0.25, -0.2) is 0 Å². The third-order valence-electron chi connectivity index (χ3n) is 3.91. The van der Waals surface area contributed by atoms with Gasteiger partial charge in [0.1, 0.15) is 0 Å². The summed E-state index contributed by atoms with van der Waals surface area (Å²) in [5, 5.41) is 3.64. The maximum Gasteiger partial charge on any atom is 0.0491 e. The molecule has 0 radical (unpaired) electrons. The molecule has 0 aliphatic carbocycles. The van der Waals surface area contributed by atoms with Crippen LogP contribution in [0.25, 0.3) is 0 Å². The lowest BCUT2D eigenvalue weighted by Crippen LogP contribution is -2.49.